The molecular weight excluding hydrogens is 174 g/mol. The summed E-state index contributed by atoms with van der Waals surface area (Å²) in [5, 5.41) is 0.428. The van der Waals surface area contributed by atoms with Crippen LogP contribution in [-0.4, -0.2) is 30.0 Å². The molecule has 0 aliphatic carbocycles. The fraction of sp³-hybridized carbons (Fsp3) is 0.667. The van der Waals surface area contributed by atoms with Crippen LogP contribution < -0.4 is 17.2 Å². The van der Waals surface area contributed by atoms with Crippen molar-refractivity contribution in [2.24, 2.45) is 27.2 Å². The van der Waals surface area contributed by atoms with Gasteiger partial charge in [0, 0.05) is 5.25 Å². The lowest BCUT2D eigenvalue weighted by Crippen LogP contribution is -2.26. The Balaban J connectivity index is 3.93. The first-order valence-corrected chi connectivity index (χ1v) is 4.77. The van der Waals surface area contributed by atoms with Crippen LogP contribution in [0.1, 0.15) is 6.92 Å². The molecule has 0 aliphatic rings. The maximum Gasteiger partial charge on any atom is 0.218 e. The fourth-order valence-electron chi connectivity index (χ4n) is 0.464. The Morgan fingerprint density at radius 1 is 1.42 bits per heavy atom. The Hall–Kier alpha value is -0.910. The van der Waals surface area contributed by atoms with Crippen LogP contribution in [0.25, 0.3) is 0 Å². The molecule has 6 heteroatoms. The Morgan fingerprint density at radius 3 is 2.42 bits per heavy atom. The SMILES string of the molecule is CSC(C)CN=C(N)N=C(N)N. The van der Waals surface area contributed by atoms with Crippen LogP contribution in [0.4, 0.5) is 0 Å². The number of nitrogens with two attached hydrogens (primary N) is 3. The molecule has 5 nitrogen and oxygen atoms in total. The molecule has 0 rings (SSSR count). The average Bonchev–Trinajstić information content (AvgIpc) is 1.99. The highest BCUT2D eigenvalue weighted by molar-refractivity contribution is 7.99. The van der Waals surface area contributed by atoms with Gasteiger partial charge in [-0.05, 0) is 6.26 Å². The van der Waals surface area contributed by atoms with Crippen molar-refractivity contribution in [2.75, 3.05) is 12.8 Å². The molecule has 12 heavy (non-hydrogen) atoms. The molecule has 0 saturated heterocycles. The number of aliphatic imine (C=N–C) groups is 2. The molecule has 0 heterocycles. The lowest BCUT2D eigenvalue weighted by molar-refractivity contribution is 0.949. The van der Waals surface area contributed by atoms with E-state index >= 15 is 0 Å². The van der Waals surface area contributed by atoms with Crippen LogP contribution in [0.15, 0.2) is 9.98 Å². The van der Waals surface area contributed by atoms with Gasteiger partial charge >= 0.3 is 0 Å². The maximum absolute atomic E-state index is 5.37. The van der Waals surface area contributed by atoms with Gasteiger partial charge < -0.3 is 17.2 Å². The number of thioether (sulfide) groups is 1. The van der Waals surface area contributed by atoms with Crippen LogP contribution >= 0.6 is 11.8 Å². The summed E-state index contributed by atoms with van der Waals surface area (Å²) in [5.74, 6) is 0.0731. The first kappa shape index (κ1) is 11.1. The number of hydrogen-bond acceptors (Lipinski definition) is 2. The molecule has 0 spiro atoms. The number of hydrogen-bond donors (Lipinski definition) is 3. The molecule has 70 valence electrons. The van der Waals surface area contributed by atoms with E-state index in [0.29, 0.717) is 11.8 Å². The van der Waals surface area contributed by atoms with Crippen LogP contribution in [-0.2, 0) is 0 Å². The van der Waals surface area contributed by atoms with Gasteiger partial charge in [0.05, 0.1) is 6.54 Å². The van der Waals surface area contributed by atoms with Gasteiger partial charge in [-0.3, -0.25) is 4.99 Å². The smallest absolute Gasteiger partial charge is 0.218 e. The quantitative estimate of drug-likeness (QED) is 0.404. The van der Waals surface area contributed by atoms with E-state index in [1.54, 1.807) is 11.8 Å². The molecule has 6 N–H and O–H groups in total. The number of nitrogens with zero attached hydrogens (tertiary/aromatic N) is 2. The zero-order valence-electron chi connectivity index (χ0n) is 7.32. The molecule has 0 bridgehead atoms. The molecule has 0 aliphatic heterocycles. The summed E-state index contributed by atoms with van der Waals surface area (Å²) >= 11 is 1.71. The van der Waals surface area contributed by atoms with E-state index < -0.39 is 0 Å². The first-order valence-electron chi connectivity index (χ1n) is 3.48. The molecule has 1 atom stereocenters. The van der Waals surface area contributed by atoms with E-state index in [0.717, 1.165) is 0 Å². The van der Waals surface area contributed by atoms with Crippen molar-refractivity contribution in [1.82, 2.24) is 0 Å². The van der Waals surface area contributed by atoms with Crippen molar-refractivity contribution in [3.63, 3.8) is 0 Å². The van der Waals surface area contributed by atoms with Crippen LogP contribution in [0.3, 0.4) is 0 Å². The van der Waals surface area contributed by atoms with Crippen molar-refractivity contribution in [3.05, 3.63) is 0 Å². The van der Waals surface area contributed by atoms with E-state index in [-0.39, 0.29) is 11.9 Å². The van der Waals surface area contributed by atoms with Gasteiger partial charge in [-0.2, -0.15) is 16.8 Å². The van der Waals surface area contributed by atoms with E-state index in [2.05, 4.69) is 16.9 Å². The number of guanidine groups is 2. The lowest BCUT2D eigenvalue weighted by atomic mass is 10.5. The minimum absolute atomic E-state index is 0.0620. The van der Waals surface area contributed by atoms with Crippen molar-refractivity contribution in [1.29, 1.82) is 0 Å². The van der Waals surface area contributed by atoms with Gasteiger partial charge in [0.1, 0.15) is 0 Å². The molecule has 1 unspecified atom stereocenters. The zero-order valence-corrected chi connectivity index (χ0v) is 8.14. The van der Waals surface area contributed by atoms with Gasteiger partial charge in [0.25, 0.3) is 0 Å². The van der Waals surface area contributed by atoms with Crippen molar-refractivity contribution < 1.29 is 0 Å². The predicted molar refractivity (Wildman–Crippen MR) is 55.3 cm³/mol. The Labute approximate surface area is 76.5 Å². The van der Waals surface area contributed by atoms with E-state index in [9.17, 15) is 0 Å². The molecule has 0 aromatic heterocycles. The van der Waals surface area contributed by atoms with Crippen LogP contribution in [0.5, 0.6) is 0 Å². The summed E-state index contributed by atoms with van der Waals surface area (Å²) in [6, 6.07) is 0. The highest BCUT2D eigenvalue weighted by Gasteiger charge is 1.96. The molecular formula is C6H15N5S. The average molecular weight is 189 g/mol. The van der Waals surface area contributed by atoms with E-state index in [1.807, 2.05) is 6.26 Å². The predicted octanol–water partition coefficient (Wildman–Crippen LogP) is -0.674. The van der Waals surface area contributed by atoms with Crippen molar-refractivity contribution >= 4 is 23.7 Å². The minimum atomic E-state index is -0.0620. The normalized spacial score (nSPS) is 14.0. The second kappa shape index (κ2) is 5.70. The highest BCUT2D eigenvalue weighted by Crippen LogP contribution is 2.04. The van der Waals surface area contributed by atoms with E-state index in [4.69, 9.17) is 17.2 Å². The molecule has 0 saturated carbocycles. The summed E-state index contributed by atoms with van der Waals surface area (Å²) in [6.45, 7) is 2.68. The Morgan fingerprint density at radius 2 is 2.00 bits per heavy atom. The summed E-state index contributed by atoms with van der Waals surface area (Å²) < 4.78 is 0. The molecule has 0 aromatic carbocycles. The third kappa shape index (κ3) is 5.84. The lowest BCUT2D eigenvalue weighted by Gasteiger charge is -2.02. The maximum atomic E-state index is 5.37. The third-order valence-corrected chi connectivity index (χ3v) is 2.11. The monoisotopic (exact) mass is 189 g/mol. The third-order valence-electron chi connectivity index (χ3n) is 1.16. The summed E-state index contributed by atoms with van der Waals surface area (Å²) in [5.41, 5.74) is 15.6. The Kier molecular flexibility index (Phi) is 5.27. The standard InChI is InChI=1S/C6H15N5S/c1-4(12-2)3-10-6(9)11-5(7)8/h4H,3H2,1-2H3,(H6,7,8,9,10,11). The van der Waals surface area contributed by atoms with Crippen LogP contribution in [0.2, 0.25) is 0 Å². The zero-order chi connectivity index (χ0) is 9.56. The Bertz CT molecular complexity index is 184. The minimum Gasteiger partial charge on any atom is -0.370 e. The second-order valence-electron chi connectivity index (χ2n) is 2.28. The molecule has 0 amide bonds. The second-order valence-corrected chi connectivity index (χ2v) is 3.56. The molecule has 0 fully saturated rings. The summed E-state index contributed by atoms with van der Waals surface area (Å²) in [6.07, 6.45) is 2.01. The van der Waals surface area contributed by atoms with Gasteiger partial charge in [0.2, 0.25) is 5.96 Å². The highest BCUT2D eigenvalue weighted by atomic mass is 32.2. The van der Waals surface area contributed by atoms with Gasteiger partial charge in [0.15, 0.2) is 5.96 Å². The van der Waals surface area contributed by atoms with Crippen molar-refractivity contribution in [3.8, 4) is 0 Å². The number of rotatable bonds is 3. The first-order chi connectivity index (χ1) is 5.56. The van der Waals surface area contributed by atoms with Crippen LogP contribution in [0, 0.1) is 0 Å². The fourth-order valence-corrected chi connectivity index (χ4v) is 0.688. The van der Waals surface area contributed by atoms with Gasteiger partial charge in [-0.25, -0.2) is 0 Å². The topological polar surface area (TPSA) is 103 Å². The summed E-state index contributed by atoms with van der Waals surface area (Å²) in [7, 11) is 0. The van der Waals surface area contributed by atoms with Crippen molar-refractivity contribution in [2.45, 2.75) is 12.2 Å². The molecule has 0 aromatic rings. The van der Waals surface area contributed by atoms with E-state index in [1.165, 1.54) is 0 Å². The van der Waals surface area contributed by atoms with Gasteiger partial charge in [-0.1, -0.05) is 6.92 Å². The summed E-state index contributed by atoms with van der Waals surface area (Å²) in [4.78, 5) is 7.54. The largest absolute Gasteiger partial charge is 0.370 e. The van der Waals surface area contributed by atoms with Gasteiger partial charge in [-0.15, -0.1) is 0 Å². The molecule has 0 radical (unpaired) electrons.